The van der Waals surface area contributed by atoms with Crippen LogP contribution < -0.4 is 5.32 Å². The maximum absolute atomic E-state index is 11.8. The third-order valence-corrected chi connectivity index (χ3v) is 2.86. The molecule has 1 saturated heterocycles. The zero-order valence-corrected chi connectivity index (χ0v) is 10.2. The van der Waals surface area contributed by atoms with Crippen molar-refractivity contribution in [2.45, 2.75) is 38.3 Å². The van der Waals surface area contributed by atoms with E-state index in [0.717, 1.165) is 0 Å². The number of hydrogen-bond acceptors (Lipinski definition) is 4. The van der Waals surface area contributed by atoms with E-state index < -0.39 is 17.6 Å². The Kier molecular flexibility index (Phi) is 4.89. The number of aliphatic carboxylic acids is 1. The number of amides is 1. The van der Waals surface area contributed by atoms with Crippen LogP contribution in [-0.4, -0.2) is 48.4 Å². The van der Waals surface area contributed by atoms with Crippen LogP contribution in [0, 0.1) is 0 Å². The van der Waals surface area contributed by atoms with Crippen molar-refractivity contribution in [3.05, 3.63) is 0 Å². The molecule has 6 nitrogen and oxygen atoms in total. The number of rotatable bonds is 5. The summed E-state index contributed by atoms with van der Waals surface area (Å²) in [4.78, 5) is 22.6. The van der Waals surface area contributed by atoms with Gasteiger partial charge in [-0.25, -0.2) is 0 Å². The molecule has 17 heavy (non-hydrogen) atoms. The molecule has 0 aromatic rings. The highest BCUT2D eigenvalue weighted by atomic mass is 16.6. The Morgan fingerprint density at radius 2 is 2.18 bits per heavy atom. The normalized spacial score (nSPS) is 23.8. The Morgan fingerprint density at radius 1 is 1.47 bits per heavy atom. The summed E-state index contributed by atoms with van der Waals surface area (Å²) in [7, 11) is 0. The fourth-order valence-corrected chi connectivity index (χ4v) is 1.61. The molecule has 0 aromatic heterocycles. The first-order valence-corrected chi connectivity index (χ1v) is 5.70. The summed E-state index contributed by atoms with van der Waals surface area (Å²) in [5, 5.41) is 11.5. The van der Waals surface area contributed by atoms with Gasteiger partial charge in [-0.1, -0.05) is 6.92 Å². The predicted molar refractivity (Wildman–Crippen MR) is 59.7 cm³/mol. The van der Waals surface area contributed by atoms with Crippen LogP contribution in [-0.2, 0) is 19.1 Å². The Morgan fingerprint density at radius 3 is 2.65 bits per heavy atom. The van der Waals surface area contributed by atoms with Crippen LogP contribution in [0.4, 0.5) is 0 Å². The fraction of sp³-hybridized carbons (Fsp3) is 0.818. The van der Waals surface area contributed by atoms with Gasteiger partial charge in [-0.3, -0.25) is 9.59 Å². The highest BCUT2D eigenvalue weighted by Crippen LogP contribution is 2.15. The highest BCUT2D eigenvalue weighted by molar-refractivity contribution is 5.82. The van der Waals surface area contributed by atoms with Crippen LogP contribution in [0.1, 0.15) is 26.7 Å². The van der Waals surface area contributed by atoms with Crippen LogP contribution in [0.2, 0.25) is 0 Å². The van der Waals surface area contributed by atoms with Crippen molar-refractivity contribution in [2.24, 2.45) is 0 Å². The summed E-state index contributed by atoms with van der Waals surface area (Å²) in [6, 6.07) is 0. The van der Waals surface area contributed by atoms with Gasteiger partial charge in [0.1, 0.15) is 0 Å². The standard InChI is InChI=1S/C11H19NO5/c1-3-11(2,6-9(13)14)12-10(15)8-7-16-4-5-17-8/h8H,3-7H2,1-2H3,(H,12,15)(H,13,14)/t8-,11-/m1/s1. The largest absolute Gasteiger partial charge is 0.481 e. The molecule has 0 aliphatic carbocycles. The lowest BCUT2D eigenvalue weighted by atomic mass is 9.94. The molecule has 1 amide bonds. The number of carboxylic acid groups (broad SMARTS) is 1. The topological polar surface area (TPSA) is 84.9 Å². The van der Waals surface area contributed by atoms with Crippen molar-refractivity contribution >= 4 is 11.9 Å². The second kappa shape index (κ2) is 5.97. The number of ether oxygens (including phenoxy) is 2. The SMILES string of the molecule is CC[C@](C)(CC(=O)O)NC(=O)[C@H]1COCCO1. The molecule has 2 atom stereocenters. The van der Waals surface area contributed by atoms with Gasteiger partial charge in [0.05, 0.1) is 26.2 Å². The van der Waals surface area contributed by atoms with Crippen molar-refractivity contribution < 1.29 is 24.2 Å². The highest BCUT2D eigenvalue weighted by Gasteiger charge is 2.31. The monoisotopic (exact) mass is 245 g/mol. The molecular formula is C11H19NO5. The molecule has 6 heteroatoms. The smallest absolute Gasteiger partial charge is 0.305 e. The minimum atomic E-state index is -0.935. The van der Waals surface area contributed by atoms with Crippen LogP contribution >= 0.6 is 0 Å². The van der Waals surface area contributed by atoms with Crippen molar-refractivity contribution in [1.29, 1.82) is 0 Å². The number of hydrogen-bond donors (Lipinski definition) is 2. The van der Waals surface area contributed by atoms with E-state index >= 15 is 0 Å². The van der Waals surface area contributed by atoms with Crippen LogP contribution in [0.25, 0.3) is 0 Å². The Balaban J connectivity index is 2.54. The molecule has 1 heterocycles. The molecule has 1 rings (SSSR count). The van der Waals surface area contributed by atoms with E-state index in [-0.39, 0.29) is 18.9 Å². The molecule has 1 aliphatic rings. The zero-order chi connectivity index (χ0) is 12.9. The number of carboxylic acids is 1. The molecule has 0 spiro atoms. The van der Waals surface area contributed by atoms with Crippen molar-refractivity contribution in [3.63, 3.8) is 0 Å². The maximum atomic E-state index is 11.8. The number of nitrogens with one attached hydrogen (secondary N) is 1. The quantitative estimate of drug-likeness (QED) is 0.720. The lowest BCUT2D eigenvalue weighted by Gasteiger charge is -2.31. The summed E-state index contributed by atoms with van der Waals surface area (Å²) >= 11 is 0. The number of carbonyl (C=O) groups excluding carboxylic acids is 1. The molecule has 0 saturated carbocycles. The fourth-order valence-electron chi connectivity index (χ4n) is 1.61. The molecule has 1 fully saturated rings. The third-order valence-electron chi connectivity index (χ3n) is 2.86. The van der Waals surface area contributed by atoms with Crippen LogP contribution in [0.15, 0.2) is 0 Å². The molecule has 98 valence electrons. The molecule has 0 radical (unpaired) electrons. The van der Waals surface area contributed by atoms with Gasteiger partial charge in [0, 0.05) is 5.54 Å². The first kappa shape index (κ1) is 13.9. The average Bonchev–Trinajstić information content (AvgIpc) is 2.29. The van der Waals surface area contributed by atoms with E-state index in [9.17, 15) is 9.59 Å². The lowest BCUT2D eigenvalue weighted by Crippen LogP contribution is -2.53. The first-order valence-electron chi connectivity index (χ1n) is 5.70. The average molecular weight is 245 g/mol. The molecular weight excluding hydrogens is 226 g/mol. The van der Waals surface area contributed by atoms with Gasteiger partial charge in [0.2, 0.25) is 0 Å². The summed E-state index contributed by atoms with van der Waals surface area (Å²) in [6.07, 6.45) is -0.204. The molecule has 0 bridgehead atoms. The van der Waals surface area contributed by atoms with Crippen molar-refractivity contribution in [3.8, 4) is 0 Å². The Labute approximate surface area is 100 Å². The summed E-state index contributed by atoms with van der Waals surface area (Å²) in [6.45, 7) is 4.65. The molecule has 0 unspecified atom stereocenters. The third kappa shape index (κ3) is 4.32. The van der Waals surface area contributed by atoms with E-state index in [0.29, 0.717) is 19.6 Å². The minimum absolute atomic E-state index is 0.108. The van der Waals surface area contributed by atoms with E-state index in [1.807, 2.05) is 6.92 Å². The van der Waals surface area contributed by atoms with Crippen LogP contribution in [0.3, 0.4) is 0 Å². The van der Waals surface area contributed by atoms with Crippen LogP contribution in [0.5, 0.6) is 0 Å². The van der Waals surface area contributed by atoms with E-state index in [4.69, 9.17) is 14.6 Å². The molecule has 0 aromatic carbocycles. The molecule has 1 aliphatic heterocycles. The lowest BCUT2D eigenvalue weighted by molar-refractivity contribution is -0.150. The van der Waals surface area contributed by atoms with Gasteiger partial charge in [0.25, 0.3) is 5.91 Å². The van der Waals surface area contributed by atoms with E-state index in [1.54, 1.807) is 6.92 Å². The van der Waals surface area contributed by atoms with Gasteiger partial charge >= 0.3 is 5.97 Å². The second-order valence-electron chi connectivity index (χ2n) is 4.41. The van der Waals surface area contributed by atoms with Gasteiger partial charge in [-0.05, 0) is 13.3 Å². The second-order valence-corrected chi connectivity index (χ2v) is 4.41. The minimum Gasteiger partial charge on any atom is -0.481 e. The predicted octanol–water partition coefficient (Wildman–Crippen LogP) is 0.161. The van der Waals surface area contributed by atoms with Gasteiger partial charge in [0.15, 0.2) is 6.10 Å². The zero-order valence-electron chi connectivity index (χ0n) is 10.2. The van der Waals surface area contributed by atoms with Gasteiger partial charge in [-0.15, -0.1) is 0 Å². The summed E-state index contributed by atoms with van der Waals surface area (Å²) < 4.78 is 10.4. The molecule has 2 N–H and O–H groups in total. The summed E-state index contributed by atoms with van der Waals surface area (Å²) in [5.41, 5.74) is -0.746. The van der Waals surface area contributed by atoms with E-state index in [2.05, 4.69) is 5.32 Å². The van der Waals surface area contributed by atoms with Crippen molar-refractivity contribution in [1.82, 2.24) is 5.32 Å². The maximum Gasteiger partial charge on any atom is 0.305 e. The van der Waals surface area contributed by atoms with E-state index in [1.165, 1.54) is 0 Å². The first-order chi connectivity index (χ1) is 7.97. The number of carbonyl (C=O) groups is 2. The van der Waals surface area contributed by atoms with Gasteiger partial charge in [-0.2, -0.15) is 0 Å². The summed E-state index contributed by atoms with van der Waals surface area (Å²) in [5.74, 6) is -1.24. The Hall–Kier alpha value is -1.14. The van der Waals surface area contributed by atoms with Gasteiger partial charge < -0.3 is 19.9 Å². The van der Waals surface area contributed by atoms with Crippen molar-refractivity contribution in [2.75, 3.05) is 19.8 Å². The Bertz CT molecular complexity index is 288.